The summed E-state index contributed by atoms with van der Waals surface area (Å²) in [5.41, 5.74) is 2.87. The van der Waals surface area contributed by atoms with Gasteiger partial charge in [0.2, 0.25) is 5.91 Å². The Morgan fingerprint density at radius 2 is 1.95 bits per heavy atom. The van der Waals surface area contributed by atoms with Crippen LogP contribution in [0.15, 0.2) is 43.1 Å². The highest BCUT2D eigenvalue weighted by Gasteiger charge is 2.24. The van der Waals surface area contributed by atoms with Crippen LogP contribution >= 0.6 is 11.6 Å². The van der Waals surface area contributed by atoms with Gasteiger partial charge in [0, 0.05) is 42.4 Å². The molecule has 1 aliphatic heterocycles. The summed E-state index contributed by atoms with van der Waals surface area (Å²) in [4.78, 5) is 32.2. The molecule has 1 aliphatic rings. The SMILES string of the molecule is C=CC(=O)Nc1cc(Cl)cc(-c2cc3c(C(=O)NC4CCN(C)CC4)nn(COCC[Si](C)(C)C)c3cn2)c1. The van der Waals surface area contributed by atoms with Gasteiger partial charge in [0.1, 0.15) is 6.73 Å². The van der Waals surface area contributed by atoms with Gasteiger partial charge in [0.05, 0.1) is 17.4 Å². The number of fused-ring (bicyclic) bond motifs is 1. The molecule has 1 aromatic carbocycles. The standard InChI is InChI=1S/C28H37ClN6O3Si/c1-6-26(36)31-22-14-19(13-20(29)15-22)24-16-23-25(17-30-24)35(18-38-11-12-39(3,4)5)33-27(23)28(37)32-21-7-9-34(2)10-8-21/h6,13-17,21H,1,7-12,18H2,2-5H3,(H,31,36)(H,32,37). The lowest BCUT2D eigenvalue weighted by Gasteiger charge is -2.29. The second kappa shape index (κ2) is 12.4. The van der Waals surface area contributed by atoms with Crippen LogP contribution in [0.5, 0.6) is 0 Å². The molecule has 9 nitrogen and oxygen atoms in total. The van der Waals surface area contributed by atoms with E-state index < -0.39 is 8.07 Å². The fraction of sp³-hybridized carbons (Fsp3) is 0.429. The molecule has 3 aromatic rings. The zero-order chi connectivity index (χ0) is 28.2. The van der Waals surface area contributed by atoms with E-state index in [2.05, 4.69) is 58.9 Å². The molecule has 0 saturated carbocycles. The van der Waals surface area contributed by atoms with E-state index in [0.29, 0.717) is 45.2 Å². The van der Waals surface area contributed by atoms with E-state index in [9.17, 15) is 9.59 Å². The highest BCUT2D eigenvalue weighted by atomic mass is 35.5. The quantitative estimate of drug-likeness (QED) is 0.202. The molecule has 0 unspecified atom stereocenters. The number of hydrogen-bond acceptors (Lipinski definition) is 6. The largest absolute Gasteiger partial charge is 0.360 e. The van der Waals surface area contributed by atoms with Crippen LogP contribution in [0, 0.1) is 0 Å². The number of ether oxygens (including phenoxy) is 1. The number of rotatable bonds is 10. The van der Waals surface area contributed by atoms with Gasteiger partial charge in [-0.1, -0.05) is 37.8 Å². The van der Waals surface area contributed by atoms with E-state index in [1.807, 2.05) is 6.07 Å². The third-order valence-corrected chi connectivity index (χ3v) is 8.68. The molecular weight excluding hydrogens is 532 g/mol. The molecule has 39 heavy (non-hydrogen) atoms. The number of aromatic nitrogens is 3. The minimum absolute atomic E-state index is 0.104. The molecule has 0 atom stereocenters. The van der Waals surface area contributed by atoms with Crippen molar-refractivity contribution in [2.24, 2.45) is 0 Å². The molecular formula is C28H37ClN6O3Si. The molecule has 1 saturated heterocycles. The van der Waals surface area contributed by atoms with Crippen molar-refractivity contribution >= 4 is 48.1 Å². The number of carbonyl (C=O) groups is 2. The van der Waals surface area contributed by atoms with Gasteiger partial charge in [-0.05, 0) is 69.4 Å². The molecule has 0 bridgehead atoms. The molecule has 208 valence electrons. The lowest BCUT2D eigenvalue weighted by molar-refractivity contribution is -0.111. The van der Waals surface area contributed by atoms with Crippen LogP contribution in [0.25, 0.3) is 22.2 Å². The summed E-state index contributed by atoms with van der Waals surface area (Å²) < 4.78 is 7.66. The first-order chi connectivity index (χ1) is 18.5. The van der Waals surface area contributed by atoms with Gasteiger partial charge in [-0.15, -0.1) is 0 Å². The number of carbonyl (C=O) groups excluding carboxylic acids is 2. The van der Waals surface area contributed by atoms with Crippen molar-refractivity contribution in [2.45, 2.75) is 51.3 Å². The molecule has 1 fully saturated rings. The van der Waals surface area contributed by atoms with Crippen molar-refractivity contribution in [3.8, 4) is 11.3 Å². The summed E-state index contributed by atoms with van der Waals surface area (Å²) in [5.74, 6) is -0.549. The zero-order valence-electron chi connectivity index (χ0n) is 23.1. The summed E-state index contributed by atoms with van der Waals surface area (Å²) in [7, 11) is 0.855. The molecule has 2 aromatic heterocycles. The summed E-state index contributed by atoms with van der Waals surface area (Å²) in [6.45, 7) is 13.2. The van der Waals surface area contributed by atoms with Crippen molar-refractivity contribution in [1.82, 2.24) is 25.0 Å². The summed E-state index contributed by atoms with van der Waals surface area (Å²) in [6.07, 6.45) is 4.69. The predicted octanol–water partition coefficient (Wildman–Crippen LogP) is 5.01. The molecule has 0 aliphatic carbocycles. The van der Waals surface area contributed by atoms with Crippen molar-refractivity contribution in [1.29, 1.82) is 0 Å². The van der Waals surface area contributed by atoms with E-state index in [4.69, 9.17) is 16.3 Å². The fourth-order valence-corrected chi connectivity index (χ4v) is 5.43. The molecule has 0 radical (unpaired) electrons. The van der Waals surface area contributed by atoms with Crippen molar-refractivity contribution in [3.63, 3.8) is 0 Å². The average molecular weight is 569 g/mol. The summed E-state index contributed by atoms with van der Waals surface area (Å²) in [5, 5.41) is 11.7. The van der Waals surface area contributed by atoms with E-state index in [1.165, 1.54) is 6.08 Å². The van der Waals surface area contributed by atoms with Crippen LogP contribution in [-0.4, -0.2) is 72.3 Å². The number of pyridine rings is 1. The lowest BCUT2D eigenvalue weighted by atomic mass is 10.0. The van der Waals surface area contributed by atoms with E-state index in [0.717, 1.165) is 32.0 Å². The van der Waals surface area contributed by atoms with Gasteiger partial charge in [-0.3, -0.25) is 14.6 Å². The van der Waals surface area contributed by atoms with Crippen LogP contribution in [0.2, 0.25) is 30.7 Å². The normalized spacial score (nSPS) is 14.9. The number of hydrogen-bond donors (Lipinski definition) is 2. The van der Waals surface area contributed by atoms with Crippen molar-refractivity contribution < 1.29 is 14.3 Å². The number of amides is 2. The van der Waals surface area contributed by atoms with Crippen LogP contribution in [0.4, 0.5) is 5.69 Å². The zero-order valence-corrected chi connectivity index (χ0v) is 24.8. The Labute approximate surface area is 235 Å². The highest BCUT2D eigenvalue weighted by molar-refractivity contribution is 6.76. The number of likely N-dealkylation sites (tertiary alicyclic amines) is 1. The van der Waals surface area contributed by atoms with Crippen LogP contribution in [0.1, 0.15) is 23.3 Å². The second-order valence-electron chi connectivity index (χ2n) is 11.3. The Hall–Kier alpha value is -3.05. The third kappa shape index (κ3) is 7.75. The van der Waals surface area contributed by atoms with Gasteiger partial charge in [0.25, 0.3) is 5.91 Å². The maximum atomic E-state index is 13.5. The maximum Gasteiger partial charge on any atom is 0.272 e. The third-order valence-electron chi connectivity index (χ3n) is 6.76. The van der Waals surface area contributed by atoms with E-state index in [1.54, 1.807) is 29.1 Å². The minimum Gasteiger partial charge on any atom is -0.360 e. The number of piperidine rings is 1. The number of nitrogens with one attached hydrogen (secondary N) is 2. The molecule has 3 heterocycles. The Balaban J connectivity index is 1.66. The molecule has 2 amide bonds. The first-order valence-corrected chi connectivity index (χ1v) is 17.3. The summed E-state index contributed by atoms with van der Waals surface area (Å²) >= 11 is 6.35. The Morgan fingerprint density at radius 1 is 1.21 bits per heavy atom. The lowest BCUT2D eigenvalue weighted by Crippen LogP contribution is -2.43. The topological polar surface area (TPSA) is 101 Å². The Bertz CT molecular complexity index is 1360. The highest BCUT2D eigenvalue weighted by Crippen LogP contribution is 2.29. The smallest absolute Gasteiger partial charge is 0.272 e. The monoisotopic (exact) mass is 568 g/mol. The first-order valence-electron chi connectivity index (χ1n) is 13.2. The second-order valence-corrected chi connectivity index (χ2v) is 17.3. The fourth-order valence-electron chi connectivity index (χ4n) is 4.43. The minimum atomic E-state index is -1.24. The van der Waals surface area contributed by atoms with Gasteiger partial charge in [-0.25, -0.2) is 4.68 Å². The average Bonchev–Trinajstić information content (AvgIpc) is 3.25. The molecule has 0 spiro atoms. The van der Waals surface area contributed by atoms with E-state index >= 15 is 0 Å². The Kier molecular flexibility index (Phi) is 9.22. The molecule has 4 rings (SSSR count). The molecule has 11 heteroatoms. The maximum absolute atomic E-state index is 13.5. The van der Waals surface area contributed by atoms with Gasteiger partial charge >= 0.3 is 0 Å². The van der Waals surface area contributed by atoms with Gasteiger partial charge in [0.15, 0.2) is 5.69 Å². The Morgan fingerprint density at radius 3 is 2.64 bits per heavy atom. The van der Waals surface area contributed by atoms with Gasteiger partial charge in [-0.2, -0.15) is 5.10 Å². The predicted molar refractivity (Wildman–Crippen MR) is 159 cm³/mol. The van der Waals surface area contributed by atoms with Crippen molar-refractivity contribution in [3.05, 3.63) is 53.8 Å². The van der Waals surface area contributed by atoms with Gasteiger partial charge < -0.3 is 20.3 Å². The number of benzene rings is 1. The number of halogens is 1. The van der Waals surface area contributed by atoms with Crippen LogP contribution in [-0.2, 0) is 16.3 Å². The number of anilines is 1. The first kappa shape index (κ1) is 28.9. The van der Waals surface area contributed by atoms with Crippen molar-refractivity contribution in [2.75, 3.05) is 32.1 Å². The molecule has 2 N–H and O–H groups in total. The van der Waals surface area contributed by atoms with E-state index in [-0.39, 0.29) is 24.6 Å². The number of nitrogens with zero attached hydrogens (tertiary/aromatic N) is 4. The summed E-state index contributed by atoms with van der Waals surface area (Å²) in [6, 6.07) is 8.19. The van der Waals surface area contributed by atoms with Crippen LogP contribution in [0.3, 0.4) is 0 Å². The van der Waals surface area contributed by atoms with Crippen LogP contribution < -0.4 is 10.6 Å².